The predicted octanol–water partition coefficient (Wildman–Crippen LogP) is 2.72. The minimum absolute atomic E-state index is 0.276. The first kappa shape index (κ1) is 15.0. The summed E-state index contributed by atoms with van der Waals surface area (Å²) in [5, 5.41) is 17.1. The van der Waals surface area contributed by atoms with Crippen LogP contribution in [0.4, 0.5) is 0 Å². The van der Waals surface area contributed by atoms with E-state index >= 15 is 0 Å². The molecule has 0 atom stereocenters. The average molecular weight is 275 g/mol. The Morgan fingerprint density at radius 2 is 2.10 bits per heavy atom. The molecule has 0 radical (unpaired) electrons. The summed E-state index contributed by atoms with van der Waals surface area (Å²) in [6, 6.07) is 2.16. The molecule has 0 amide bonds. The van der Waals surface area contributed by atoms with Crippen LogP contribution in [0.2, 0.25) is 0 Å². The molecule has 1 aromatic heterocycles. The molecule has 5 heteroatoms. The molecule has 1 aliphatic carbocycles. The first-order valence-electron chi connectivity index (χ1n) is 7.79. The summed E-state index contributed by atoms with van der Waals surface area (Å²) < 4.78 is 1.75. The number of nitriles is 1. The van der Waals surface area contributed by atoms with Crippen molar-refractivity contribution >= 4 is 0 Å². The van der Waals surface area contributed by atoms with Gasteiger partial charge in [-0.15, -0.1) is 5.10 Å². The van der Waals surface area contributed by atoms with E-state index in [9.17, 15) is 0 Å². The van der Waals surface area contributed by atoms with Crippen molar-refractivity contribution in [1.29, 1.82) is 5.26 Å². The monoisotopic (exact) mass is 275 g/mol. The fourth-order valence-corrected chi connectivity index (χ4v) is 3.35. The summed E-state index contributed by atoms with van der Waals surface area (Å²) in [6.07, 6.45) is 8.93. The number of nitrogens with zero attached hydrogens (tertiary/aromatic N) is 4. The van der Waals surface area contributed by atoms with Crippen LogP contribution in [0, 0.1) is 17.2 Å². The lowest BCUT2D eigenvalue weighted by Gasteiger charge is -2.29. The Hall–Kier alpha value is -1.41. The lowest BCUT2D eigenvalue weighted by molar-refractivity contribution is 0.296. The number of unbranched alkanes of at least 4 members (excludes halogenated alkanes) is 1. The lowest BCUT2D eigenvalue weighted by atomic mass is 9.78. The first-order valence-corrected chi connectivity index (χ1v) is 7.79. The summed E-state index contributed by atoms with van der Waals surface area (Å²) in [4.78, 5) is 0. The van der Waals surface area contributed by atoms with Gasteiger partial charge < -0.3 is 5.73 Å². The van der Waals surface area contributed by atoms with Crippen LogP contribution < -0.4 is 5.73 Å². The SMILES string of the molecule is CCCCC1CCC(c2c(CN)nnn2CC#N)CC1. The Labute approximate surface area is 121 Å². The molecule has 1 aromatic rings. The van der Waals surface area contributed by atoms with Crippen LogP contribution in [0.25, 0.3) is 0 Å². The van der Waals surface area contributed by atoms with Gasteiger partial charge in [-0.25, -0.2) is 4.68 Å². The maximum absolute atomic E-state index is 8.89. The van der Waals surface area contributed by atoms with Gasteiger partial charge in [-0.3, -0.25) is 0 Å². The Balaban J connectivity index is 2.02. The van der Waals surface area contributed by atoms with Gasteiger partial charge in [-0.05, 0) is 31.6 Å². The molecular weight excluding hydrogens is 250 g/mol. The van der Waals surface area contributed by atoms with Crippen LogP contribution in [0.3, 0.4) is 0 Å². The third-order valence-corrected chi connectivity index (χ3v) is 4.46. The third-order valence-electron chi connectivity index (χ3n) is 4.46. The Kier molecular flexibility index (Phi) is 5.54. The number of aromatic nitrogens is 3. The minimum Gasteiger partial charge on any atom is -0.325 e. The van der Waals surface area contributed by atoms with Crippen molar-refractivity contribution in [3.05, 3.63) is 11.4 Å². The van der Waals surface area contributed by atoms with E-state index < -0.39 is 0 Å². The second-order valence-corrected chi connectivity index (χ2v) is 5.80. The van der Waals surface area contributed by atoms with E-state index in [2.05, 4.69) is 23.3 Å². The van der Waals surface area contributed by atoms with Gasteiger partial charge in [0.1, 0.15) is 6.54 Å². The second kappa shape index (κ2) is 7.39. The minimum atomic E-state index is 0.276. The molecule has 1 fully saturated rings. The van der Waals surface area contributed by atoms with Crippen molar-refractivity contribution in [2.24, 2.45) is 11.7 Å². The Morgan fingerprint density at radius 1 is 1.35 bits per heavy atom. The van der Waals surface area contributed by atoms with Gasteiger partial charge in [0.15, 0.2) is 0 Å². The molecule has 0 spiro atoms. The molecule has 1 saturated carbocycles. The third kappa shape index (κ3) is 3.37. The van der Waals surface area contributed by atoms with Gasteiger partial charge in [0.25, 0.3) is 0 Å². The highest BCUT2D eigenvalue weighted by atomic mass is 15.4. The van der Waals surface area contributed by atoms with Crippen LogP contribution in [0.5, 0.6) is 0 Å². The molecule has 110 valence electrons. The fourth-order valence-electron chi connectivity index (χ4n) is 3.35. The smallest absolute Gasteiger partial charge is 0.130 e. The molecule has 1 heterocycles. The van der Waals surface area contributed by atoms with E-state index in [0.717, 1.165) is 17.3 Å². The van der Waals surface area contributed by atoms with Gasteiger partial charge in [0.05, 0.1) is 17.5 Å². The summed E-state index contributed by atoms with van der Waals surface area (Å²) in [7, 11) is 0. The zero-order valence-electron chi connectivity index (χ0n) is 12.4. The molecule has 20 heavy (non-hydrogen) atoms. The zero-order valence-corrected chi connectivity index (χ0v) is 12.4. The summed E-state index contributed by atoms with van der Waals surface area (Å²) in [6.45, 7) is 2.94. The van der Waals surface area contributed by atoms with Crippen molar-refractivity contribution < 1.29 is 0 Å². The number of hydrogen-bond acceptors (Lipinski definition) is 4. The number of nitrogens with two attached hydrogens (primary N) is 1. The molecule has 0 bridgehead atoms. The van der Waals surface area contributed by atoms with E-state index in [1.807, 2.05) is 0 Å². The van der Waals surface area contributed by atoms with Crippen molar-refractivity contribution in [2.75, 3.05) is 0 Å². The molecule has 0 aromatic carbocycles. The summed E-state index contributed by atoms with van der Waals surface area (Å²) in [5.41, 5.74) is 7.75. The second-order valence-electron chi connectivity index (χ2n) is 5.80. The van der Waals surface area contributed by atoms with Gasteiger partial charge >= 0.3 is 0 Å². The van der Waals surface area contributed by atoms with E-state index in [-0.39, 0.29) is 6.54 Å². The summed E-state index contributed by atoms with van der Waals surface area (Å²) in [5.74, 6) is 1.36. The Morgan fingerprint density at radius 3 is 2.70 bits per heavy atom. The van der Waals surface area contributed by atoms with Crippen molar-refractivity contribution in [3.63, 3.8) is 0 Å². The first-order chi connectivity index (χ1) is 9.80. The molecule has 2 N–H and O–H groups in total. The maximum Gasteiger partial charge on any atom is 0.130 e. The maximum atomic E-state index is 8.89. The molecule has 5 nitrogen and oxygen atoms in total. The zero-order chi connectivity index (χ0) is 14.4. The van der Waals surface area contributed by atoms with Crippen LogP contribution >= 0.6 is 0 Å². The number of rotatable bonds is 6. The van der Waals surface area contributed by atoms with E-state index in [4.69, 9.17) is 11.0 Å². The van der Waals surface area contributed by atoms with Crippen molar-refractivity contribution in [3.8, 4) is 6.07 Å². The van der Waals surface area contributed by atoms with Gasteiger partial charge in [0, 0.05) is 12.5 Å². The van der Waals surface area contributed by atoms with Gasteiger partial charge in [-0.2, -0.15) is 5.26 Å². The number of hydrogen-bond donors (Lipinski definition) is 1. The van der Waals surface area contributed by atoms with E-state index in [1.165, 1.54) is 44.9 Å². The highest BCUT2D eigenvalue weighted by Crippen LogP contribution is 2.38. The topological polar surface area (TPSA) is 80.5 Å². The van der Waals surface area contributed by atoms with Crippen LogP contribution in [0.15, 0.2) is 0 Å². The molecule has 2 rings (SSSR count). The normalized spacial score (nSPS) is 22.6. The highest BCUT2D eigenvalue weighted by Gasteiger charge is 2.27. The highest BCUT2D eigenvalue weighted by molar-refractivity contribution is 5.17. The Bertz CT molecular complexity index is 451. The fraction of sp³-hybridized carbons (Fsp3) is 0.800. The van der Waals surface area contributed by atoms with E-state index in [1.54, 1.807) is 4.68 Å². The average Bonchev–Trinajstić information content (AvgIpc) is 2.89. The molecule has 0 unspecified atom stereocenters. The van der Waals surface area contributed by atoms with Gasteiger partial charge in [0.2, 0.25) is 0 Å². The summed E-state index contributed by atoms with van der Waals surface area (Å²) >= 11 is 0. The standard InChI is InChI=1S/C15H25N5/c1-2-3-4-12-5-7-13(8-6-12)15-14(11-17)18-19-20(15)10-9-16/h12-13H,2-8,10-11,17H2,1H3. The van der Waals surface area contributed by atoms with Crippen molar-refractivity contribution in [2.45, 2.75) is 70.9 Å². The quantitative estimate of drug-likeness (QED) is 0.865. The predicted molar refractivity (Wildman–Crippen MR) is 77.8 cm³/mol. The molecule has 0 saturated heterocycles. The van der Waals surface area contributed by atoms with Crippen molar-refractivity contribution in [1.82, 2.24) is 15.0 Å². The molecule has 0 aliphatic heterocycles. The van der Waals surface area contributed by atoms with Crippen LogP contribution in [-0.4, -0.2) is 15.0 Å². The van der Waals surface area contributed by atoms with Crippen LogP contribution in [-0.2, 0) is 13.1 Å². The van der Waals surface area contributed by atoms with E-state index in [0.29, 0.717) is 12.5 Å². The molecular formula is C15H25N5. The largest absolute Gasteiger partial charge is 0.325 e. The lowest BCUT2D eigenvalue weighted by Crippen LogP contribution is -2.18. The van der Waals surface area contributed by atoms with Crippen LogP contribution in [0.1, 0.15) is 69.2 Å². The molecule has 1 aliphatic rings. The van der Waals surface area contributed by atoms with Gasteiger partial charge in [-0.1, -0.05) is 31.4 Å².